The van der Waals surface area contributed by atoms with Gasteiger partial charge in [-0.2, -0.15) is 5.10 Å². The molecule has 0 saturated carbocycles. The minimum atomic E-state index is -0.249. The van der Waals surface area contributed by atoms with Gasteiger partial charge in [0.25, 0.3) is 5.56 Å². The van der Waals surface area contributed by atoms with Crippen LogP contribution in [0.15, 0.2) is 47.3 Å². The van der Waals surface area contributed by atoms with Crippen molar-refractivity contribution < 1.29 is 4.79 Å². The first-order valence-corrected chi connectivity index (χ1v) is 8.85. The number of rotatable bonds is 5. The minimum absolute atomic E-state index is 0.0818. The molecule has 1 aromatic heterocycles. The number of hydrogen-bond acceptors (Lipinski definition) is 3. The number of aromatic nitrogens is 2. The summed E-state index contributed by atoms with van der Waals surface area (Å²) in [6, 6.07) is 13.6. The maximum Gasteiger partial charge on any atom is 0.275 e. The molecule has 0 spiro atoms. The maximum absolute atomic E-state index is 12.8. The van der Waals surface area contributed by atoms with Crippen molar-refractivity contribution in [2.45, 2.75) is 33.7 Å². The number of carbonyl (C=O) groups excluding carboxylic acids is 1. The van der Waals surface area contributed by atoms with Crippen LogP contribution in [0.3, 0.4) is 0 Å². The Kier molecular flexibility index (Phi) is 5.16. The third-order valence-electron chi connectivity index (χ3n) is 4.38. The molecule has 0 unspecified atom stereocenters. The lowest BCUT2D eigenvalue weighted by Crippen LogP contribution is -2.34. The second kappa shape index (κ2) is 7.52. The highest BCUT2D eigenvalue weighted by molar-refractivity contribution is 5.94. The monoisotopic (exact) mass is 349 g/mol. The van der Waals surface area contributed by atoms with Gasteiger partial charge in [0, 0.05) is 17.5 Å². The van der Waals surface area contributed by atoms with Crippen molar-refractivity contribution >= 4 is 16.7 Å². The highest BCUT2D eigenvalue weighted by Crippen LogP contribution is 2.28. The van der Waals surface area contributed by atoms with Gasteiger partial charge < -0.3 is 5.32 Å². The van der Waals surface area contributed by atoms with Crippen LogP contribution in [0.4, 0.5) is 0 Å². The molecule has 5 heteroatoms. The Morgan fingerprint density at radius 3 is 2.58 bits per heavy atom. The van der Waals surface area contributed by atoms with Gasteiger partial charge in [-0.15, -0.1) is 0 Å². The first kappa shape index (κ1) is 17.9. The van der Waals surface area contributed by atoms with Crippen LogP contribution in [0.25, 0.3) is 22.0 Å². The van der Waals surface area contributed by atoms with Gasteiger partial charge in [-0.05, 0) is 38.0 Å². The molecule has 1 amide bonds. The summed E-state index contributed by atoms with van der Waals surface area (Å²) in [4.78, 5) is 24.9. The molecule has 1 heterocycles. The highest BCUT2D eigenvalue weighted by atomic mass is 16.2. The van der Waals surface area contributed by atoms with Gasteiger partial charge in [-0.25, -0.2) is 4.68 Å². The molecule has 3 aromatic rings. The van der Waals surface area contributed by atoms with Crippen LogP contribution in [-0.2, 0) is 11.3 Å². The lowest BCUT2D eigenvalue weighted by Gasteiger charge is -2.13. The second-order valence-electron chi connectivity index (χ2n) is 6.53. The van der Waals surface area contributed by atoms with Crippen molar-refractivity contribution in [1.29, 1.82) is 0 Å². The molecular weight excluding hydrogens is 326 g/mol. The van der Waals surface area contributed by atoms with E-state index in [1.54, 1.807) is 6.07 Å². The van der Waals surface area contributed by atoms with Gasteiger partial charge in [-0.1, -0.05) is 42.8 Å². The molecule has 1 N–H and O–H groups in total. The predicted molar refractivity (Wildman–Crippen MR) is 104 cm³/mol. The average Bonchev–Trinajstić information content (AvgIpc) is 2.64. The zero-order chi connectivity index (χ0) is 18.7. The number of nitrogens with zero attached hydrogens (tertiary/aromatic N) is 2. The number of benzene rings is 2. The molecule has 134 valence electrons. The predicted octanol–water partition coefficient (Wildman–Crippen LogP) is 3.21. The topological polar surface area (TPSA) is 64.0 Å². The van der Waals surface area contributed by atoms with Crippen molar-refractivity contribution in [2.24, 2.45) is 0 Å². The van der Waals surface area contributed by atoms with E-state index in [0.29, 0.717) is 11.9 Å². The second-order valence-corrected chi connectivity index (χ2v) is 6.53. The summed E-state index contributed by atoms with van der Waals surface area (Å²) < 4.78 is 1.27. The maximum atomic E-state index is 12.8. The smallest absolute Gasteiger partial charge is 0.275 e. The summed E-state index contributed by atoms with van der Waals surface area (Å²) in [7, 11) is 0. The molecule has 0 radical (unpaired) electrons. The number of hydrogen-bond donors (Lipinski definition) is 1. The molecule has 2 aromatic carbocycles. The Morgan fingerprint density at radius 2 is 1.85 bits per heavy atom. The Balaban J connectivity index is 2.19. The first-order chi connectivity index (χ1) is 12.5. The molecular formula is C21H23N3O2. The summed E-state index contributed by atoms with van der Waals surface area (Å²) >= 11 is 0. The zero-order valence-electron chi connectivity index (χ0n) is 15.4. The number of nitrogens with one attached hydrogen (secondary N) is 1. The van der Waals surface area contributed by atoms with Crippen molar-refractivity contribution in [1.82, 2.24) is 15.1 Å². The summed E-state index contributed by atoms with van der Waals surface area (Å²) in [6.07, 6.45) is 0.847. The molecule has 0 fully saturated rings. The van der Waals surface area contributed by atoms with Crippen LogP contribution in [-0.4, -0.2) is 22.2 Å². The van der Waals surface area contributed by atoms with Crippen LogP contribution in [0, 0.1) is 13.8 Å². The van der Waals surface area contributed by atoms with Gasteiger partial charge in [0.15, 0.2) is 0 Å². The molecule has 26 heavy (non-hydrogen) atoms. The number of aryl methyl sites for hydroxylation is 2. The lowest BCUT2D eigenvalue weighted by atomic mass is 9.99. The van der Waals surface area contributed by atoms with E-state index in [9.17, 15) is 9.59 Å². The standard InChI is InChI=1S/C21H23N3O2/c1-4-11-22-19(25)13-24-21(26)17-8-6-5-7-16(17)20(23-24)18-12-14(2)9-10-15(18)3/h5-10,12H,4,11,13H2,1-3H3,(H,22,25). The number of carbonyl (C=O) groups is 1. The van der Waals surface area contributed by atoms with Gasteiger partial charge in [0.1, 0.15) is 6.54 Å². The van der Waals surface area contributed by atoms with Crippen LogP contribution in [0.1, 0.15) is 24.5 Å². The van der Waals surface area contributed by atoms with E-state index in [-0.39, 0.29) is 18.0 Å². The first-order valence-electron chi connectivity index (χ1n) is 8.85. The van der Waals surface area contributed by atoms with E-state index in [2.05, 4.69) is 22.5 Å². The van der Waals surface area contributed by atoms with E-state index in [1.807, 2.05) is 45.0 Å². The Morgan fingerprint density at radius 1 is 1.12 bits per heavy atom. The molecule has 0 aliphatic heterocycles. The normalized spacial score (nSPS) is 10.9. The quantitative estimate of drug-likeness (QED) is 0.769. The van der Waals surface area contributed by atoms with E-state index >= 15 is 0 Å². The van der Waals surface area contributed by atoms with Crippen LogP contribution in [0.5, 0.6) is 0 Å². The van der Waals surface area contributed by atoms with Crippen LogP contribution in [0.2, 0.25) is 0 Å². The third kappa shape index (κ3) is 3.52. The fraction of sp³-hybridized carbons (Fsp3) is 0.286. The van der Waals surface area contributed by atoms with Crippen molar-refractivity contribution in [2.75, 3.05) is 6.54 Å². The largest absolute Gasteiger partial charge is 0.355 e. The molecule has 0 saturated heterocycles. The summed E-state index contributed by atoms with van der Waals surface area (Å²) in [5.41, 5.74) is 3.65. The molecule has 5 nitrogen and oxygen atoms in total. The highest BCUT2D eigenvalue weighted by Gasteiger charge is 2.15. The Bertz CT molecular complexity index is 1020. The molecule has 0 aliphatic carbocycles. The van der Waals surface area contributed by atoms with Gasteiger partial charge >= 0.3 is 0 Å². The van der Waals surface area contributed by atoms with E-state index in [4.69, 9.17) is 0 Å². The van der Waals surface area contributed by atoms with Crippen LogP contribution >= 0.6 is 0 Å². The SMILES string of the molecule is CCCNC(=O)Cn1nc(-c2cc(C)ccc2C)c2ccccc2c1=O. The summed E-state index contributed by atoms with van der Waals surface area (Å²) in [6.45, 7) is 6.54. The summed E-state index contributed by atoms with van der Waals surface area (Å²) in [5, 5.41) is 8.73. The fourth-order valence-corrected chi connectivity index (χ4v) is 2.99. The third-order valence-corrected chi connectivity index (χ3v) is 4.38. The fourth-order valence-electron chi connectivity index (χ4n) is 2.99. The van der Waals surface area contributed by atoms with Gasteiger partial charge in [-0.3, -0.25) is 9.59 Å². The van der Waals surface area contributed by atoms with E-state index in [0.717, 1.165) is 34.2 Å². The average molecular weight is 349 g/mol. The van der Waals surface area contributed by atoms with Crippen molar-refractivity contribution in [3.63, 3.8) is 0 Å². The minimum Gasteiger partial charge on any atom is -0.355 e. The summed E-state index contributed by atoms with van der Waals surface area (Å²) in [5.74, 6) is -0.205. The van der Waals surface area contributed by atoms with Gasteiger partial charge in [0.2, 0.25) is 5.91 Å². The molecule has 0 atom stereocenters. The number of fused-ring (bicyclic) bond motifs is 1. The van der Waals surface area contributed by atoms with Gasteiger partial charge in [0.05, 0.1) is 11.1 Å². The number of amides is 1. The lowest BCUT2D eigenvalue weighted by molar-refractivity contribution is -0.121. The molecule has 3 rings (SSSR count). The van der Waals surface area contributed by atoms with Crippen molar-refractivity contribution in [3.05, 3.63) is 63.9 Å². The Hall–Kier alpha value is -2.95. The Labute approximate surface area is 152 Å². The molecule has 0 bridgehead atoms. The van der Waals surface area contributed by atoms with Crippen LogP contribution < -0.4 is 10.9 Å². The van der Waals surface area contributed by atoms with Crippen molar-refractivity contribution in [3.8, 4) is 11.3 Å². The molecule has 0 aliphatic rings. The van der Waals surface area contributed by atoms with E-state index < -0.39 is 0 Å². The zero-order valence-corrected chi connectivity index (χ0v) is 15.4. The van der Waals surface area contributed by atoms with E-state index in [1.165, 1.54) is 4.68 Å².